The highest BCUT2D eigenvalue weighted by molar-refractivity contribution is 7.86. The van der Waals surface area contributed by atoms with Gasteiger partial charge in [0, 0.05) is 5.57 Å². The number of aliphatic hydroxyl groups is 1. The van der Waals surface area contributed by atoms with Gasteiger partial charge in [0.25, 0.3) is 10.1 Å². The Kier molecular flexibility index (Phi) is 8.02. The van der Waals surface area contributed by atoms with Crippen LogP contribution in [0.25, 0.3) is 0 Å². The lowest BCUT2D eigenvalue weighted by atomic mass is 10.1. The van der Waals surface area contributed by atoms with Crippen LogP contribution in [0.1, 0.15) is 26.3 Å². The fourth-order valence-electron chi connectivity index (χ4n) is 1.74. The quantitative estimate of drug-likeness (QED) is 0.328. The molecule has 1 N–H and O–H groups in total. The summed E-state index contributed by atoms with van der Waals surface area (Å²) in [5.41, 5.74) is 1.77. The summed E-state index contributed by atoms with van der Waals surface area (Å²) in [4.78, 5) is 11.5. The lowest BCUT2D eigenvalue weighted by Crippen LogP contribution is -2.20. The number of benzene rings is 1. The molecule has 0 aromatic heterocycles. The molecule has 25 heavy (non-hydrogen) atoms. The van der Waals surface area contributed by atoms with Gasteiger partial charge in [-0.2, -0.15) is 8.42 Å². The molecule has 0 aliphatic heterocycles. The second kappa shape index (κ2) is 9.50. The Morgan fingerprint density at radius 1 is 1.20 bits per heavy atom. The maximum Gasteiger partial charge on any atom is 0.333 e. The van der Waals surface area contributed by atoms with E-state index in [4.69, 9.17) is 8.92 Å². The zero-order valence-electron chi connectivity index (χ0n) is 14.9. The third-order valence-electron chi connectivity index (χ3n) is 3.41. The Balaban J connectivity index is 2.70. The second-order valence-electron chi connectivity index (χ2n) is 5.55. The van der Waals surface area contributed by atoms with Crippen LogP contribution in [-0.2, 0) is 23.8 Å². The predicted octanol–water partition coefficient (Wildman–Crippen LogP) is 2.52. The van der Waals surface area contributed by atoms with Crippen LogP contribution in [-0.4, -0.2) is 38.8 Å². The number of esters is 1. The molecule has 1 aromatic rings. The molecule has 0 aliphatic rings. The summed E-state index contributed by atoms with van der Waals surface area (Å²) in [5, 5.41) is 10.0. The summed E-state index contributed by atoms with van der Waals surface area (Å²) < 4.78 is 33.9. The average Bonchev–Trinajstić information content (AvgIpc) is 2.57. The fraction of sp³-hybridized carbons (Fsp3) is 0.389. The first-order valence-electron chi connectivity index (χ1n) is 7.83. The van der Waals surface area contributed by atoms with Gasteiger partial charge in [-0.3, -0.25) is 4.18 Å². The molecular formula is C18H24O6S. The number of aliphatic hydroxyl groups excluding tert-OH is 1. The van der Waals surface area contributed by atoms with Crippen molar-refractivity contribution in [1.82, 2.24) is 0 Å². The number of aryl methyl sites for hydroxylation is 1. The number of rotatable bonds is 8. The van der Waals surface area contributed by atoms with E-state index in [0.29, 0.717) is 11.1 Å². The number of carbonyl (C=O) groups excluding carboxylic acids is 1. The third-order valence-corrected chi connectivity index (χ3v) is 4.71. The van der Waals surface area contributed by atoms with Crippen LogP contribution in [0.4, 0.5) is 0 Å². The molecule has 0 aliphatic carbocycles. The van der Waals surface area contributed by atoms with Crippen molar-refractivity contribution < 1.29 is 27.2 Å². The minimum Gasteiger partial charge on any atom is -0.463 e. The Bertz CT molecular complexity index is 744. The zero-order chi connectivity index (χ0) is 19.0. The molecule has 0 fully saturated rings. The van der Waals surface area contributed by atoms with Crippen molar-refractivity contribution >= 4 is 16.1 Å². The Hall–Kier alpha value is -1.96. The monoisotopic (exact) mass is 368 g/mol. The van der Waals surface area contributed by atoms with Gasteiger partial charge in [-0.15, -0.1) is 0 Å². The van der Waals surface area contributed by atoms with E-state index in [-0.39, 0.29) is 11.5 Å². The molecular weight excluding hydrogens is 344 g/mol. The van der Waals surface area contributed by atoms with Crippen LogP contribution in [0.15, 0.2) is 52.5 Å². The van der Waals surface area contributed by atoms with Crippen molar-refractivity contribution in [1.29, 1.82) is 0 Å². The number of hydrogen-bond donors (Lipinski definition) is 1. The summed E-state index contributed by atoms with van der Waals surface area (Å²) in [6.07, 6.45) is 1.91. The molecule has 6 nitrogen and oxygen atoms in total. The first-order chi connectivity index (χ1) is 11.7. The van der Waals surface area contributed by atoms with Crippen LogP contribution in [0.2, 0.25) is 0 Å². The minimum atomic E-state index is -3.93. The highest BCUT2D eigenvalue weighted by Gasteiger charge is 2.18. The van der Waals surface area contributed by atoms with Gasteiger partial charge < -0.3 is 9.84 Å². The van der Waals surface area contributed by atoms with Crippen molar-refractivity contribution in [2.45, 2.75) is 38.7 Å². The van der Waals surface area contributed by atoms with Crippen LogP contribution >= 0.6 is 0 Å². The van der Waals surface area contributed by atoms with Crippen molar-refractivity contribution in [3.63, 3.8) is 0 Å². The van der Waals surface area contributed by atoms with E-state index in [1.165, 1.54) is 24.3 Å². The Labute approximate surface area is 148 Å². The molecule has 1 atom stereocenters. The Morgan fingerprint density at radius 3 is 2.36 bits per heavy atom. The third kappa shape index (κ3) is 6.81. The number of hydrogen-bond acceptors (Lipinski definition) is 6. The van der Waals surface area contributed by atoms with Gasteiger partial charge in [-0.25, -0.2) is 4.79 Å². The van der Waals surface area contributed by atoms with E-state index in [1.54, 1.807) is 32.9 Å². The van der Waals surface area contributed by atoms with E-state index < -0.39 is 28.8 Å². The van der Waals surface area contributed by atoms with Crippen LogP contribution in [0, 0.1) is 6.92 Å². The first-order valence-corrected chi connectivity index (χ1v) is 9.24. The van der Waals surface area contributed by atoms with Crippen molar-refractivity contribution in [3.8, 4) is 0 Å². The molecule has 138 valence electrons. The highest BCUT2D eigenvalue weighted by Crippen LogP contribution is 2.15. The maximum absolute atomic E-state index is 12.1. The van der Waals surface area contributed by atoms with Crippen LogP contribution in [0.5, 0.6) is 0 Å². The van der Waals surface area contributed by atoms with Gasteiger partial charge in [0.2, 0.25) is 0 Å². The Morgan fingerprint density at radius 2 is 1.80 bits per heavy atom. The molecule has 0 heterocycles. The zero-order valence-corrected chi connectivity index (χ0v) is 15.7. The molecule has 1 aromatic carbocycles. The van der Waals surface area contributed by atoms with E-state index >= 15 is 0 Å². The summed E-state index contributed by atoms with van der Waals surface area (Å²) in [5.74, 6) is -0.445. The summed E-state index contributed by atoms with van der Waals surface area (Å²) in [6.45, 7) is 6.63. The van der Waals surface area contributed by atoms with Crippen LogP contribution < -0.4 is 0 Å². The standard InChI is InChI=1S/C18H24O6S/c1-5-23-18(20)15(4)9-8-14(3)17(19)12-24-25(21,22)16-10-6-13(2)7-11-16/h6-11,17,19H,5,12H2,1-4H3/b14-8-,15-9+/t17-/m1/s1. The van der Waals surface area contributed by atoms with Crippen molar-refractivity contribution in [3.05, 3.63) is 53.1 Å². The van der Waals surface area contributed by atoms with Gasteiger partial charge in [0.05, 0.1) is 24.2 Å². The number of ether oxygens (including phenoxy) is 1. The highest BCUT2D eigenvalue weighted by atomic mass is 32.2. The van der Waals surface area contributed by atoms with Gasteiger partial charge in [-0.1, -0.05) is 29.8 Å². The molecule has 0 amide bonds. The molecule has 0 spiro atoms. The summed E-state index contributed by atoms with van der Waals surface area (Å²) >= 11 is 0. The predicted molar refractivity (Wildman–Crippen MR) is 94.5 cm³/mol. The van der Waals surface area contributed by atoms with Gasteiger partial charge >= 0.3 is 5.97 Å². The topological polar surface area (TPSA) is 89.9 Å². The molecule has 0 radical (unpaired) electrons. The SMILES string of the molecule is CCOC(=O)/C(C)=C/C=C(/C)[C@H](O)COS(=O)(=O)c1ccc(C)cc1. The first kappa shape index (κ1) is 21.1. The normalized spacial score (nSPS) is 14.3. The lowest BCUT2D eigenvalue weighted by Gasteiger charge is -2.12. The van der Waals surface area contributed by atoms with Gasteiger partial charge in [0.1, 0.15) is 0 Å². The molecule has 7 heteroatoms. The van der Waals surface area contributed by atoms with E-state index in [9.17, 15) is 18.3 Å². The second-order valence-corrected chi connectivity index (χ2v) is 7.16. The molecule has 0 saturated carbocycles. The molecule has 0 bridgehead atoms. The summed E-state index contributed by atoms with van der Waals surface area (Å²) in [7, 11) is -3.93. The van der Waals surface area contributed by atoms with Crippen LogP contribution in [0.3, 0.4) is 0 Å². The lowest BCUT2D eigenvalue weighted by molar-refractivity contribution is -0.138. The van der Waals surface area contributed by atoms with E-state index in [1.807, 2.05) is 6.92 Å². The van der Waals surface area contributed by atoms with Gasteiger partial charge in [0.15, 0.2) is 0 Å². The smallest absolute Gasteiger partial charge is 0.333 e. The summed E-state index contributed by atoms with van der Waals surface area (Å²) in [6, 6.07) is 6.23. The largest absolute Gasteiger partial charge is 0.463 e. The maximum atomic E-state index is 12.1. The molecule has 1 rings (SSSR count). The minimum absolute atomic E-state index is 0.0324. The van der Waals surface area contributed by atoms with Crippen molar-refractivity contribution in [2.75, 3.05) is 13.2 Å². The van der Waals surface area contributed by atoms with Gasteiger partial charge in [-0.05, 0) is 45.4 Å². The van der Waals surface area contributed by atoms with E-state index in [2.05, 4.69) is 0 Å². The van der Waals surface area contributed by atoms with Crippen molar-refractivity contribution in [2.24, 2.45) is 0 Å². The fourth-order valence-corrected chi connectivity index (χ4v) is 2.65. The average molecular weight is 368 g/mol. The number of carbonyl (C=O) groups is 1. The van der Waals surface area contributed by atoms with E-state index in [0.717, 1.165) is 5.56 Å². The molecule has 0 saturated heterocycles. The number of allylic oxidation sites excluding steroid dienone is 2. The molecule has 0 unspecified atom stereocenters.